The van der Waals surface area contributed by atoms with Crippen LogP contribution in [-0.4, -0.2) is 7.11 Å². The van der Waals surface area contributed by atoms with Gasteiger partial charge in [0.15, 0.2) is 0 Å². The van der Waals surface area contributed by atoms with Gasteiger partial charge in [0.05, 0.1) is 7.11 Å². The topological polar surface area (TPSA) is 35.2 Å². The molecule has 0 saturated heterocycles. The van der Waals surface area contributed by atoms with Gasteiger partial charge in [0.2, 0.25) is 0 Å². The van der Waals surface area contributed by atoms with E-state index in [0.29, 0.717) is 5.92 Å². The second kappa shape index (κ2) is 4.88. The van der Waals surface area contributed by atoms with Gasteiger partial charge >= 0.3 is 0 Å². The molecule has 1 aromatic carbocycles. The summed E-state index contributed by atoms with van der Waals surface area (Å²) in [6, 6.07) is 6.51. The molecule has 2 N–H and O–H groups in total. The fraction of sp³-hybridized carbons (Fsp3) is 0.571. The average Bonchev–Trinajstić information content (AvgIpc) is 2.82. The van der Waals surface area contributed by atoms with Crippen molar-refractivity contribution in [3.63, 3.8) is 0 Å². The van der Waals surface area contributed by atoms with Crippen LogP contribution in [0.2, 0.25) is 0 Å². The van der Waals surface area contributed by atoms with E-state index in [9.17, 15) is 0 Å². The first kappa shape index (κ1) is 11.5. The summed E-state index contributed by atoms with van der Waals surface area (Å²) in [5.74, 6) is 1.61. The van der Waals surface area contributed by atoms with Crippen LogP contribution in [-0.2, 0) is 0 Å². The maximum Gasteiger partial charge on any atom is 0.122 e. The number of aryl methyl sites for hydroxylation is 1. The summed E-state index contributed by atoms with van der Waals surface area (Å²) in [5, 5.41) is 0. The molecule has 0 heterocycles. The van der Waals surface area contributed by atoms with Gasteiger partial charge in [-0.15, -0.1) is 0 Å². The zero-order chi connectivity index (χ0) is 11.5. The smallest absolute Gasteiger partial charge is 0.122 e. The van der Waals surface area contributed by atoms with Gasteiger partial charge in [0.25, 0.3) is 0 Å². The summed E-state index contributed by atoms with van der Waals surface area (Å²) < 4.78 is 5.34. The second-order valence-corrected chi connectivity index (χ2v) is 4.80. The Morgan fingerprint density at radius 1 is 1.31 bits per heavy atom. The summed E-state index contributed by atoms with van der Waals surface area (Å²) >= 11 is 0. The number of hydrogen-bond acceptors (Lipinski definition) is 2. The Morgan fingerprint density at radius 3 is 2.62 bits per heavy atom. The first-order valence-electron chi connectivity index (χ1n) is 6.12. The highest BCUT2D eigenvalue weighted by Crippen LogP contribution is 2.35. The minimum absolute atomic E-state index is 0.178. The first-order valence-corrected chi connectivity index (χ1v) is 6.12. The van der Waals surface area contributed by atoms with Crippen LogP contribution >= 0.6 is 0 Å². The number of benzene rings is 1. The molecule has 0 radical (unpaired) electrons. The van der Waals surface area contributed by atoms with Gasteiger partial charge in [0.1, 0.15) is 5.75 Å². The lowest BCUT2D eigenvalue weighted by molar-refractivity contribution is 0.406. The normalized spacial score (nSPS) is 18.7. The third-order valence-corrected chi connectivity index (χ3v) is 3.72. The largest absolute Gasteiger partial charge is 0.496 e. The molecule has 1 aliphatic carbocycles. The number of methoxy groups -OCH3 is 1. The number of rotatable bonds is 3. The SMILES string of the molecule is COc1cc([C@@H](N)C2CCCC2)ccc1C. The molecular weight excluding hydrogens is 198 g/mol. The molecule has 1 saturated carbocycles. The zero-order valence-corrected chi connectivity index (χ0v) is 10.2. The maximum atomic E-state index is 6.32. The van der Waals surface area contributed by atoms with Crippen molar-refractivity contribution in [2.24, 2.45) is 11.7 Å². The summed E-state index contributed by atoms with van der Waals surface area (Å²) in [5.41, 5.74) is 8.71. The van der Waals surface area contributed by atoms with Crippen LogP contribution in [0.5, 0.6) is 5.75 Å². The molecule has 0 bridgehead atoms. The van der Waals surface area contributed by atoms with Crippen molar-refractivity contribution >= 4 is 0 Å². The van der Waals surface area contributed by atoms with E-state index in [0.717, 1.165) is 5.75 Å². The highest BCUT2D eigenvalue weighted by Gasteiger charge is 2.23. The molecule has 0 unspecified atom stereocenters. The van der Waals surface area contributed by atoms with Gasteiger partial charge in [-0.05, 0) is 42.9 Å². The first-order chi connectivity index (χ1) is 7.72. The highest BCUT2D eigenvalue weighted by molar-refractivity contribution is 5.38. The van der Waals surface area contributed by atoms with Crippen molar-refractivity contribution in [1.82, 2.24) is 0 Å². The molecule has 16 heavy (non-hydrogen) atoms. The molecular formula is C14H21NO. The van der Waals surface area contributed by atoms with Crippen molar-refractivity contribution in [3.8, 4) is 5.75 Å². The fourth-order valence-electron chi connectivity index (χ4n) is 2.63. The Morgan fingerprint density at radius 2 is 2.00 bits per heavy atom. The van der Waals surface area contributed by atoms with E-state index in [-0.39, 0.29) is 6.04 Å². The Kier molecular flexibility index (Phi) is 3.49. The molecule has 88 valence electrons. The third-order valence-electron chi connectivity index (χ3n) is 3.72. The van der Waals surface area contributed by atoms with Gasteiger partial charge in [0, 0.05) is 6.04 Å². The highest BCUT2D eigenvalue weighted by atomic mass is 16.5. The number of ether oxygens (including phenoxy) is 1. The van der Waals surface area contributed by atoms with Crippen molar-refractivity contribution in [1.29, 1.82) is 0 Å². The average molecular weight is 219 g/mol. The van der Waals surface area contributed by atoms with E-state index in [4.69, 9.17) is 10.5 Å². The predicted molar refractivity (Wildman–Crippen MR) is 66.6 cm³/mol. The van der Waals surface area contributed by atoms with Gasteiger partial charge in [-0.25, -0.2) is 0 Å². The summed E-state index contributed by atoms with van der Waals surface area (Å²) in [6.07, 6.45) is 5.22. The van der Waals surface area contributed by atoms with Crippen LogP contribution in [0.1, 0.15) is 42.9 Å². The number of nitrogens with two attached hydrogens (primary N) is 1. The minimum atomic E-state index is 0.178. The van der Waals surface area contributed by atoms with Crippen LogP contribution < -0.4 is 10.5 Å². The molecule has 0 aliphatic heterocycles. The van der Waals surface area contributed by atoms with Gasteiger partial charge < -0.3 is 10.5 Å². The summed E-state index contributed by atoms with van der Waals surface area (Å²) in [6.45, 7) is 2.06. The predicted octanol–water partition coefficient (Wildman–Crippen LogP) is 3.19. The maximum absolute atomic E-state index is 6.32. The lowest BCUT2D eigenvalue weighted by atomic mass is 9.92. The molecule has 2 nitrogen and oxygen atoms in total. The lowest BCUT2D eigenvalue weighted by Crippen LogP contribution is -2.19. The van der Waals surface area contributed by atoms with E-state index in [1.165, 1.54) is 36.8 Å². The second-order valence-electron chi connectivity index (χ2n) is 4.80. The fourth-order valence-corrected chi connectivity index (χ4v) is 2.63. The molecule has 0 aromatic heterocycles. The van der Waals surface area contributed by atoms with E-state index in [1.54, 1.807) is 7.11 Å². The van der Waals surface area contributed by atoms with E-state index in [1.807, 2.05) is 0 Å². The lowest BCUT2D eigenvalue weighted by Gasteiger charge is -2.20. The zero-order valence-electron chi connectivity index (χ0n) is 10.2. The van der Waals surface area contributed by atoms with Crippen LogP contribution in [0.3, 0.4) is 0 Å². The molecule has 1 aliphatic rings. The Balaban J connectivity index is 2.19. The monoisotopic (exact) mass is 219 g/mol. The Bertz CT molecular complexity index is 356. The molecule has 1 atom stereocenters. The quantitative estimate of drug-likeness (QED) is 0.847. The minimum Gasteiger partial charge on any atom is -0.496 e. The molecule has 2 heteroatoms. The van der Waals surface area contributed by atoms with Crippen LogP contribution in [0.4, 0.5) is 0 Å². The Labute approximate surface area is 97.8 Å². The van der Waals surface area contributed by atoms with Gasteiger partial charge in [-0.1, -0.05) is 25.0 Å². The third kappa shape index (κ3) is 2.22. The Hall–Kier alpha value is -1.02. The van der Waals surface area contributed by atoms with Crippen molar-refractivity contribution in [2.75, 3.05) is 7.11 Å². The van der Waals surface area contributed by atoms with E-state index < -0.39 is 0 Å². The molecule has 0 spiro atoms. The van der Waals surface area contributed by atoms with Crippen LogP contribution in [0.25, 0.3) is 0 Å². The van der Waals surface area contributed by atoms with Gasteiger partial charge in [-0.3, -0.25) is 0 Å². The van der Waals surface area contributed by atoms with E-state index in [2.05, 4.69) is 25.1 Å². The molecule has 0 amide bonds. The molecule has 1 fully saturated rings. The van der Waals surface area contributed by atoms with Crippen LogP contribution in [0, 0.1) is 12.8 Å². The molecule has 2 rings (SSSR count). The molecule has 1 aromatic rings. The van der Waals surface area contributed by atoms with Crippen LogP contribution in [0.15, 0.2) is 18.2 Å². The number of hydrogen-bond donors (Lipinski definition) is 1. The van der Waals surface area contributed by atoms with Crippen molar-refractivity contribution < 1.29 is 4.74 Å². The van der Waals surface area contributed by atoms with Crippen molar-refractivity contribution in [3.05, 3.63) is 29.3 Å². The summed E-state index contributed by atoms with van der Waals surface area (Å²) in [7, 11) is 1.72. The standard InChI is InChI=1S/C14H21NO/c1-10-7-8-12(9-13(10)16-2)14(15)11-5-3-4-6-11/h7-9,11,14H,3-6,15H2,1-2H3/t14-/m0/s1. The van der Waals surface area contributed by atoms with E-state index >= 15 is 0 Å². The van der Waals surface area contributed by atoms with Crippen molar-refractivity contribution in [2.45, 2.75) is 38.6 Å². The van der Waals surface area contributed by atoms with Gasteiger partial charge in [-0.2, -0.15) is 0 Å². The summed E-state index contributed by atoms with van der Waals surface area (Å²) in [4.78, 5) is 0.